The van der Waals surface area contributed by atoms with E-state index in [1.165, 1.54) is 0 Å². The Hall–Kier alpha value is -2.04. The highest BCUT2D eigenvalue weighted by Gasteiger charge is 2.21. The van der Waals surface area contributed by atoms with E-state index in [0.717, 1.165) is 16.7 Å². The van der Waals surface area contributed by atoms with Crippen LogP contribution in [0.2, 0.25) is 0 Å². The molecule has 0 heterocycles. The molecule has 0 spiro atoms. The van der Waals surface area contributed by atoms with Gasteiger partial charge in [-0.05, 0) is 36.0 Å². The maximum atomic E-state index is 11.5. The van der Waals surface area contributed by atoms with Gasteiger partial charge >= 0.3 is 12.1 Å². The number of carbonyl (C=O) groups is 2. The Kier molecular flexibility index (Phi) is 5.97. The maximum absolute atomic E-state index is 11.5. The summed E-state index contributed by atoms with van der Waals surface area (Å²) in [6, 6.07) is 5.44. The van der Waals surface area contributed by atoms with Gasteiger partial charge in [0.15, 0.2) is 0 Å². The van der Waals surface area contributed by atoms with Crippen LogP contribution in [-0.2, 0) is 21.4 Å². The first-order valence-corrected chi connectivity index (χ1v) is 7.43. The zero-order chi connectivity index (χ0) is 16.9. The van der Waals surface area contributed by atoms with Gasteiger partial charge in [0.1, 0.15) is 0 Å². The Morgan fingerprint density at radius 1 is 1.32 bits per heavy atom. The van der Waals surface area contributed by atoms with Gasteiger partial charge in [-0.2, -0.15) is 0 Å². The third-order valence-corrected chi connectivity index (χ3v) is 3.39. The van der Waals surface area contributed by atoms with Crippen LogP contribution < -0.4 is 5.32 Å². The molecule has 1 aromatic rings. The van der Waals surface area contributed by atoms with Crippen LogP contribution in [0.3, 0.4) is 0 Å². The van der Waals surface area contributed by atoms with Crippen molar-refractivity contribution in [3.05, 3.63) is 34.9 Å². The molecular formula is C17H25NO4. The van der Waals surface area contributed by atoms with Crippen molar-refractivity contribution >= 4 is 12.1 Å². The quantitative estimate of drug-likeness (QED) is 0.874. The number of hydrogen-bond acceptors (Lipinski definition) is 3. The van der Waals surface area contributed by atoms with Crippen molar-refractivity contribution in [1.29, 1.82) is 0 Å². The fourth-order valence-electron chi connectivity index (χ4n) is 2.31. The van der Waals surface area contributed by atoms with Gasteiger partial charge in [0, 0.05) is 0 Å². The molecule has 0 aliphatic rings. The molecule has 0 radical (unpaired) electrons. The number of carboxylic acid groups (broad SMARTS) is 1. The Balaban J connectivity index is 3.08. The van der Waals surface area contributed by atoms with Crippen LogP contribution in [-0.4, -0.2) is 23.8 Å². The van der Waals surface area contributed by atoms with E-state index in [2.05, 4.69) is 5.32 Å². The molecule has 1 rings (SSSR count). The lowest BCUT2D eigenvalue weighted by Crippen LogP contribution is -2.28. The van der Waals surface area contributed by atoms with E-state index >= 15 is 0 Å². The summed E-state index contributed by atoms with van der Waals surface area (Å²) in [6.45, 7) is 10.1. The number of hydrogen-bond donors (Lipinski definition) is 2. The van der Waals surface area contributed by atoms with Crippen molar-refractivity contribution in [2.45, 2.75) is 52.5 Å². The van der Waals surface area contributed by atoms with E-state index in [9.17, 15) is 9.59 Å². The van der Waals surface area contributed by atoms with E-state index in [4.69, 9.17) is 9.84 Å². The molecule has 0 unspecified atom stereocenters. The highest BCUT2D eigenvalue weighted by atomic mass is 16.5. The average molecular weight is 307 g/mol. The molecule has 122 valence electrons. The molecule has 0 aliphatic heterocycles. The number of benzene rings is 1. The zero-order valence-corrected chi connectivity index (χ0v) is 13.9. The summed E-state index contributed by atoms with van der Waals surface area (Å²) in [5, 5.41) is 11.8. The minimum Gasteiger partial charge on any atom is -0.481 e. The van der Waals surface area contributed by atoms with Gasteiger partial charge in [-0.15, -0.1) is 0 Å². The van der Waals surface area contributed by atoms with Gasteiger partial charge in [-0.25, -0.2) is 4.79 Å². The normalized spacial score (nSPS) is 12.6. The molecule has 2 N–H and O–H groups in total. The fraction of sp³-hybridized carbons (Fsp3) is 0.529. The number of carbonyl (C=O) groups excluding carboxylic acids is 1. The van der Waals surface area contributed by atoms with E-state index in [1.807, 2.05) is 45.9 Å². The molecule has 0 saturated heterocycles. The number of alkyl carbamates (subject to hydrolysis) is 1. The lowest BCUT2D eigenvalue weighted by atomic mass is 9.81. The first-order chi connectivity index (χ1) is 10.1. The van der Waals surface area contributed by atoms with Crippen molar-refractivity contribution in [2.75, 3.05) is 6.61 Å². The molecule has 0 saturated carbocycles. The summed E-state index contributed by atoms with van der Waals surface area (Å²) in [7, 11) is 0. The van der Waals surface area contributed by atoms with Gasteiger partial charge in [-0.3, -0.25) is 4.79 Å². The van der Waals surface area contributed by atoms with Crippen LogP contribution in [0.15, 0.2) is 18.2 Å². The van der Waals surface area contributed by atoms with Gasteiger partial charge in [-0.1, -0.05) is 39.0 Å². The SMILES string of the molecule is CCOC(=O)N[C@H](C)c1ccc(CC(=O)O)c(C(C)(C)C)c1. The predicted octanol–water partition coefficient (Wildman–Crippen LogP) is 3.42. The standard InChI is InChI=1S/C17H25NO4/c1-6-22-16(21)18-11(2)12-7-8-13(10-15(19)20)14(9-12)17(3,4)5/h7-9,11H,6,10H2,1-5H3,(H,18,21)(H,19,20)/t11-/m1/s1. The largest absolute Gasteiger partial charge is 0.481 e. The molecule has 5 nitrogen and oxygen atoms in total. The number of rotatable bonds is 5. The van der Waals surface area contributed by atoms with Gasteiger partial charge in [0.2, 0.25) is 0 Å². The molecule has 1 aromatic carbocycles. The van der Waals surface area contributed by atoms with E-state index < -0.39 is 12.1 Å². The summed E-state index contributed by atoms with van der Waals surface area (Å²) in [4.78, 5) is 22.5. The van der Waals surface area contributed by atoms with Crippen molar-refractivity contribution in [3.63, 3.8) is 0 Å². The molecule has 5 heteroatoms. The number of carboxylic acids is 1. The van der Waals surface area contributed by atoms with Gasteiger partial charge < -0.3 is 15.2 Å². The monoisotopic (exact) mass is 307 g/mol. The summed E-state index contributed by atoms with van der Waals surface area (Å²) >= 11 is 0. The van der Waals surface area contributed by atoms with Crippen LogP contribution >= 0.6 is 0 Å². The highest BCUT2D eigenvalue weighted by molar-refractivity contribution is 5.71. The summed E-state index contributed by atoms with van der Waals surface area (Å²) in [5.41, 5.74) is 2.52. The van der Waals surface area contributed by atoms with E-state index in [-0.39, 0.29) is 17.9 Å². The first-order valence-electron chi connectivity index (χ1n) is 7.43. The predicted molar refractivity (Wildman–Crippen MR) is 85.1 cm³/mol. The van der Waals surface area contributed by atoms with Crippen LogP contribution in [0, 0.1) is 0 Å². The Morgan fingerprint density at radius 2 is 1.95 bits per heavy atom. The van der Waals surface area contributed by atoms with Crippen LogP contribution in [0.25, 0.3) is 0 Å². The first kappa shape index (κ1) is 18.0. The summed E-state index contributed by atoms with van der Waals surface area (Å²) in [6.07, 6.45) is -0.464. The third kappa shape index (κ3) is 5.06. The zero-order valence-electron chi connectivity index (χ0n) is 13.9. The molecule has 0 fully saturated rings. The minimum absolute atomic E-state index is 0.00737. The molecule has 1 amide bonds. The van der Waals surface area contributed by atoms with Crippen LogP contribution in [0.1, 0.15) is 57.4 Å². The van der Waals surface area contributed by atoms with Crippen molar-refractivity contribution in [3.8, 4) is 0 Å². The van der Waals surface area contributed by atoms with Crippen LogP contribution in [0.4, 0.5) is 4.79 Å². The fourth-order valence-corrected chi connectivity index (χ4v) is 2.31. The van der Waals surface area contributed by atoms with Crippen molar-refractivity contribution in [1.82, 2.24) is 5.32 Å². The average Bonchev–Trinajstić information content (AvgIpc) is 2.37. The van der Waals surface area contributed by atoms with E-state index in [1.54, 1.807) is 6.92 Å². The van der Waals surface area contributed by atoms with Crippen molar-refractivity contribution < 1.29 is 19.4 Å². The van der Waals surface area contributed by atoms with Gasteiger partial charge in [0.25, 0.3) is 0 Å². The summed E-state index contributed by atoms with van der Waals surface area (Å²) < 4.78 is 4.88. The van der Waals surface area contributed by atoms with E-state index in [0.29, 0.717) is 6.61 Å². The molecular weight excluding hydrogens is 282 g/mol. The third-order valence-electron chi connectivity index (χ3n) is 3.39. The molecule has 0 bridgehead atoms. The topological polar surface area (TPSA) is 75.6 Å². The minimum atomic E-state index is -0.851. The second-order valence-corrected chi connectivity index (χ2v) is 6.32. The smallest absolute Gasteiger partial charge is 0.407 e. The summed E-state index contributed by atoms with van der Waals surface area (Å²) in [5.74, 6) is -0.851. The van der Waals surface area contributed by atoms with Gasteiger partial charge in [0.05, 0.1) is 19.1 Å². The second-order valence-electron chi connectivity index (χ2n) is 6.32. The molecule has 0 aliphatic carbocycles. The van der Waals surface area contributed by atoms with Crippen LogP contribution in [0.5, 0.6) is 0 Å². The Morgan fingerprint density at radius 3 is 2.45 bits per heavy atom. The lowest BCUT2D eigenvalue weighted by molar-refractivity contribution is -0.136. The lowest BCUT2D eigenvalue weighted by Gasteiger charge is -2.25. The Labute approximate surface area is 131 Å². The molecule has 1 atom stereocenters. The maximum Gasteiger partial charge on any atom is 0.407 e. The molecule has 0 aromatic heterocycles. The Bertz CT molecular complexity index is 546. The van der Waals surface area contributed by atoms with Crippen molar-refractivity contribution in [2.24, 2.45) is 0 Å². The number of amides is 1. The second kappa shape index (κ2) is 7.29. The number of aliphatic carboxylic acids is 1. The molecule has 22 heavy (non-hydrogen) atoms. The highest BCUT2D eigenvalue weighted by Crippen LogP contribution is 2.29. The number of nitrogens with one attached hydrogen (secondary N) is 1. The number of ether oxygens (including phenoxy) is 1.